The topological polar surface area (TPSA) is 99.4 Å². The van der Waals surface area contributed by atoms with Crippen molar-refractivity contribution in [3.8, 4) is 35.5 Å². The largest absolute Gasteiger partial charge is 0.392 e. The van der Waals surface area contributed by atoms with E-state index in [-0.39, 0.29) is 17.5 Å². The minimum Gasteiger partial charge on any atom is -0.392 e. The summed E-state index contributed by atoms with van der Waals surface area (Å²) in [4.78, 5) is 12.4. The SMILES string of the molecule is CC(O)CC#Cc1nc(C#CCC(C)O)nc(C#CCC(C)O)n1. The van der Waals surface area contributed by atoms with Gasteiger partial charge >= 0.3 is 0 Å². The van der Waals surface area contributed by atoms with Crippen molar-refractivity contribution in [2.75, 3.05) is 0 Å². The third kappa shape index (κ3) is 8.88. The summed E-state index contributed by atoms with van der Waals surface area (Å²) in [6.45, 7) is 4.92. The van der Waals surface area contributed by atoms with Crippen molar-refractivity contribution >= 4 is 0 Å². The number of hydrogen-bond donors (Lipinski definition) is 3. The second-order valence-corrected chi connectivity index (χ2v) is 5.37. The van der Waals surface area contributed by atoms with Gasteiger partial charge in [-0.15, -0.1) is 0 Å². The maximum absolute atomic E-state index is 9.23. The highest BCUT2D eigenvalue weighted by molar-refractivity contribution is 5.31. The fraction of sp³-hybridized carbons (Fsp3) is 0.500. The summed E-state index contributed by atoms with van der Waals surface area (Å²) < 4.78 is 0. The van der Waals surface area contributed by atoms with E-state index in [1.807, 2.05) is 0 Å². The lowest BCUT2D eigenvalue weighted by molar-refractivity contribution is 0.200. The molecule has 0 aliphatic carbocycles. The molecular weight excluding hydrogens is 306 g/mol. The van der Waals surface area contributed by atoms with Gasteiger partial charge in [-0.05, 0) is 38.5 Å². The minimum absolute atomic E-state index is 0.216. The van der Waals surface area contributed by atoms with Crippen LogP contribution >= 0.6 is 0 Å². The lowest BCUT2D eigenvalue weighted by atomic mass is 10.3. The van der Waals surface area contributed by atoms with E-state index in [1.165, 1.54) is 0 Å². The highest BCUT2D eigenvalue weighted by Crippen LogP contribution is 1.96. The zero-order valence-corrected chi connectivity index (χ0v) is 14.0. The third-order valence-corrected chi connectivity index (χ3v) is 2.43. The number of aliphatic hydroxyl groups is 3. The van der Waals surface area contributed by atoms with Crippen LogP contribution in [0, 0.1) is 35.5 Å². The summed E-state index contributed by atoms with van der Waals surface area (Å²) >= 11 is 0. The van der Waals surface area contributed by atoms with E-state index in [9.17, 15) is 15.3 Å². The van der Waals surface area contributed by atoms with Gasteiger partial charge in [0.1, 0.15) is 0 Å². The highest BCUT2D eigenvalue weighted by Gasteiger charge is 2.02. The summed E-state index contributed by atoms with van der Waals surface area (Å²) in [7, 11) is 0. The van der Waals surface area contributed by atoms with Gasteiger partial charge in [0.05, 0.1) is 18.3 Å². The van der Waals surface area contributed by atoms with Crippen LogP contribution in [-0.2, 0) is 0 Å². The summed E-state index contributed by atoms with van der Waals surface area (Å²) in [5, 5.41) is 27.7. The van der Waals surface area contributed by atoms with Crippen LogP contribution in [-0.4, -0.2) is 48.6 Å². The lowest BCUT2D eigenvalue weighted by Gasteiger charge is -1.97. The molecule has 1 aromatic heterocycles. The van der Waals surface area contributed by atoms with Crippen molar-refractivity contribution in [3.05, 3.63) is 17.5 Å². The molecule has 6 heteroatoms. The van der Waals surface area contributed by atoms with Gasteiger partial charge in [-0.3, -0.25) is 0 Å². The molecule has 1 heterocycles. The predicted octanol–water partition coefficient (Wildman–Crippen LogP) is 0.239. The molecule has 0 fully saturated rings. The van der Waals surface area contributed by atoms with E-state index in [0.717, 1.165) is 0 Å². The average Bonchev–Trinajstić information content (AvgIpc) is 2.46. The number of hydrogen-bond acceptors (Lipinski definition) is 6. The van der Waals surface area contributed by atoms with Gasteiger partial charge in [-0.25, -0.2) is 0 Å². The van der Waals surface area contributed by atoms with Crippen LogP contribution in [0.1, 0.15) is 57.5 Å². The van der Waals surface area contributed by atoms with Crippen molar-refractivity contribution in [3.63, 3.8) is 0 Å². The van der Waals surface area contributed by atoms with E-state index in [4.69, 9.17) is 0 Å². The van der Waals surface area contributed by atoms with Gasteiger partial charge in [-0.1, -0.05) is 17.8 Å². The standard InChI is InChI=1S/C18H21N3O3/c1-13(22)7-4-10-16-19-17(11-5-8-14(2)23)21-18(20-16)12-6-9-15(3)24/h13-15,22-24H,7-9H2,1-3H3. The Morgan fingerprint density at radius 2 is 0.875 bits per heavy atom. The minimum atomic E-state index is -0.532. The molecule has 0 amide bonds. The molecule has 0 bridgehead atoms. The molecule has 1 rings (SSSR count). The monoisotopic (exact) mass is 327 g/mol. The van der Waals surface area contributed by atoms with Crippen molar-refractivity contribution in [2.24, 2.45) is 0 Å². The molecule has 0 aromatic carbocycles. The van der Waals surface area contributed by atoms with Crippen molar-refractivity contribution in [1.29, 1.82) is 0 Å². The molecule has 3 atom stereocenters. The van der Waals surface area contributed by atoms with E-state index in [1.54, 1.807) is 20.8 Å². The fourth-order valence-corrected chi connectivity index (χ4v) is 1.38. The second-order valence-electron chi connectivity index (χ2n) is 5.37. The zero-order chi connectivity index (χ0) is 17.9. The molecule has 6 nitrogen and oxygen atoms in total. The van der Waals surface area contributed by atoms with Crippen LogP contribution in [0.25, 0.3) is 0 Å². The van der Waals surface area contributed by atoms with Crippen molar-refractivity contribution in [2.45, 2.75) is 58.3 Å². The van der Waals surface area contributed by atoms with Gasteiger partial charge in [0.25, 0.3) is 0 Å². The van der Waals surface area contributed by atoms with Gasteiger partial charge in [0.2, 0.25) is 17.5 Å². The molecule has 126 valence electrons. The third-order valence-electron chi connectivity index (χ3n) is 2.43. The molecule has 0 saturated carbocycles. The van der Waals surface area contributed by atoms with Crippen molar-refractivity contribution in [1.82, 2.24) is 15.0 Å². The van der Waals surface area contributed by atoms with Gasteiger partial charge in [-0.2, -0.15) is 15.0 Å². The Balaban J connectivity index is 3.09. The first kappa shape index (κ1) is 19.6. The molecule has 0 aliphatic heterocycles. The smallest absolute Gasteiger partial charge is 0.210 e. The summed E-state index contributed by atoms with van der Waals surface area (Å²) in [6.07, 6.45) is -0.687. The molecule has 0 spiro atoms. The predicted molar refractivity (Wildman–Crippen MR) is 89.4 cm³/mol. The second kappa shape index (κ2) is 10.4. The molecule has 3 unspecified atom stereocenters. The number of aromatic nitrogens is 3. The van der Waals surface area contributed by atoms with E-state index in [2.05, 4.69) is 50.5 Å². The molecule has 1 aromatic rings. The Morgan fingerprint density at radius 1 is 0.625 bits per heavy atom. The van der Waals surface area contributed by atoms with Crippen LogP contribution in [0.15, 0.2) is 0 Å². The number of aliphatic hydroxyl groups excluding tert-OH is 3. The Morgan fingerprint density at radius 3 is 1.08 bits per heavy atom. The highest BCUT2D eigenvalue weighted by atomic mass is 16.3. The lowest BCUT2D eigenvalue weighted by Crippen LogP contribution is -2.03. The van der Waals surface area contributed by atoms with Gasteiger partial charge in [0.15, 0.2) is 0 Å². The maximum atomic E-state index is 9.23. The Hall–Kier alpha value is -2.43. The zero-order valence-electron chi connectivity index (χ0n) is 14.0. The summed E-state index contributed by atoms with van der Waals surface area (Å²) in [6, 6.07) is 0. The normalized spacial score (nSPS) is 13.2. The molecule has 0 aliphatic rings. The van der Waals surface area contributed by atoms with Gasteiger partial charge < -0.3 is 15.3 Å². The Bertz CT molecular complexity index is 611. The van der Waals surface area contributed by atoms with Crippen molar-refractivity contribution < 1.29 is 15.3 Å². The molecule has 0 radical (unpaired) electrons. The average molecular weight is 327 g/mol. The fourth-order valence-electron chi connectivity index (χ4n) is 1.38. The molecule has 0 saturated heterocycles. The molecule has 24 heavy (non-hydrogen) atoms. The summed E-state index contributed by atoms with van der Waals surface area (Å²) in [5.74, 6) is 17.2. The first-order chi connectivity index (χ1) is 11.4. The van der Waals surface area contributed by atoms with Gasteiger partial charge in [0, 0.05) is 19.3 Å². The van der Waals surface area contributed by atoms with Crippen LogP contribution < -0.4 is 0 Å². The first-order valence-corrected chi connectivity index (χ1v) is 7.63. The number of rotatable bonds is 3. The first-order valence-electron chi connectivity index (χ1n) is 7.63. The maximum Gasteiger partial charge on any atom is 0.210 e. The number of nitrogens with zero attached hydrogens (tertiary/aromatic N) is 3. The quantitative estimate of drug-likeness (QED) is 0.688. The van der Waals surface area contributed by atoms with Crippen LogP contribution in [0.2, 0.25) is 0 Å². The van der Waals surface area contributed by atoms with E-state index < -0.39 is 18.3 Å². The Kier molecular flexibility index (Phi) is 8.47. The Labute approximate surface area is 142 Å². The van der Waals surface area contributed by atoms with Crippen LogP contribution in [0.3, 0.4) is 0 Å². The van der Waals surface area contributed by atoms with Crippen LogP contribution in [0.5, 0.6) is 0 Å². The van der Waals surface area contributed by atoms with E-state index >= 15 is 0 Å². The van der Waals surface area contributed by atoms with Crippen LogP contribution in [0.4, 0.5) is 0 Å². The molecule has 3 N–H and O–H groups in total. The van der Waals surface area contributed by atoms with E-state index in [0.29, 0.717) is 19.3 Å². The molecular formula is C18H21N3O3. The summed E-state index contributed by atoms with van der Waals surface area (Å²) in [5.41, 5.74) is 0.